The molecule has 0 amide bonds. The fraction of sp³-hybridized carbons (Fsp3) is 0.633. The highest BCUT2D eigenvalue weighted by atomic mass is 16.3. The molecule has 0 unspecified atom stereocenters. The first-order valence-corrected chi connectivity index (χ1v) is 12.9. The van der Waals surface area contributed by atoms with Crippen LogP contribution in [0.4, 0.5) is 0 Å². The molecule has 0 saturated heterocycles. The maximum Gasteiger partial charge on any atom is 0.124 e. The van der Waals surface area contributed by atoms with Crippen LogP contribution in [0.3, 0.4) is 0 Å². The van der Waals surface area contributed by atoms with Gasteiger partial charge in [-0.25, -0.2) is 0 Å². The van der Waals surface area contributed by atoms with Crippen LogP contribution in [-0.2, 0) is 11.8 Å². The molecular formula is C30H41NO3. The van der Waals surface area contributed by atoms with Crippen molar-refractivity contribution in [2.24, 2.45) is 10.8 Å². The SMILES string of the molecule is Cc1cc([C@H](O)C(C)(C)O)nc2c1[C@@]1(C)CCC3=CC4=C(CC=C3[C@]1(C)C2)C(C)(C)[C@@H](O)CC4. The van der Waals surface area contributed by atoms with Crippen LogP contribution in [-0.4, -0.2) is 32.0 Å². The number of allylic oxidation sites excluding steroid dienone is 5. The van der Waals surface area contributed by atoms with Gasteiger partial charge < -0.3 is 15.3 Å². The normalized spacial score (nSPS) is 33.2. The second-order valence-electron chi connectivity index (χ2n) is 12.9. The Morgan fingerprint density at radius 2 is 1.82 bits per heavy atom. The van der Waals surface area contributed by atoms with Crippen LogP contribution in [0.2, 0.25) is 0 Å². The molecule has 4 nitrogen and oxygen atoms in total. The van der Waals surface area contributed by atoms with Gasteiger partial charge in [-0.2, -0.15) is 0 Å². The van der Waals surface area contributed by atoms with E-state index < -0.39 is 11.7 Å². The third-order valence-electron chi connectivity index (χ3n) is 9.93. The second kappa shape index (κ2) is 7.38. The number of nitrogens with zero attached hydrogens (tertiary/aromatic N) is 1. The van der Waals surface area contributed by atoms with Gasteiger partial charge in [0.25, 0.3) is 0 Å². The van der Waals surface area contributed by atoms with Crippen LogP contribution in [0.1, 0.15) is 102 Å². The molecule has 1 heterocycles. The first kappa shape index (κ1) is 24.0. The van der Waals surface area contributed by atoms with Gasteiger partial charge in [0.15, 0.2) is 0 Å². The third kappa shape index (κ3) is 3.18. The van der Waals surface area contributed by atoms with Crippen LogP contribution in [0, 0.1) is 17.8 Å². The third-order valence-corrected chi connectivity index (χ3v) is 9.93. The lowest BCUT2D eigenvalue weighted by Crippen LogP contribution is -2.43. The molecule has 0 spiro atoms. The Morgan fingerprint density at radius 1 is 1.12 bits per heavy atom. The van der Waals surface area contributed by atoms with Gasteiger partial charge >= 0.3 is 0 Å². The lowest BCUT2D eigenvalue weighted by atomic mass is 9.54. The van der Waals surface area contributed by atoms with Gasteiger partial charge in [0, 0.05) is 28.4 Å². The molecule has 34 heavy (non-hydrogen) atoms. The maximum atomic E-state index is 10.8. The summed E-state index contributed by atoms with van der Waals surface area (Å²) in [5.41, 5.74) is 8.33. The van der Waals surface area contributed by atoms with Gasteiger partial charge in [-0.05, 0) is 86.8 Å². The van der Waals surface area contributed by atoms with Gasteiger partial charge in [-0.15, -0.1) is 0 Å². The van der Waals surface area contributed by atoms with Crippen LogP contribution >= 0.6 is 0 Å². The fourth-order valence-electron chi connectivity index (χ4n) is 7.52. The average molecular weight is 464 g/mol. The standard InChI is InChI=1S/C30H41NO3/c1-17-14-22(26(33)28(4,5)34)31-23-16-30(7)21-10-9-20-18(8-11-24(32)27(20,2)3)15-19(21)12-13-29(30,6)25(17)23/h10,14-15,24,26,32-34H,8-9,11-13,16H2,1-7H3/t24-,26-,29+,30-/m0/s1. The number of rotatable bonds is 2. The summed E-state index contributed by atoms with van der Waals surface area (Å²) in [5.74, 6) is 0. The van der Waals surface area contributed by atoms with Crippen molar-refractivity contribution in [3.8, 4) is 0 Å². The van der Waals surface area contributed by atoms with Gasteiger partial charge in [0.2, 0.25) is 0 Å². The molecule has 0 radical (unpaired) electrons. The molecule has 4 aliphatic carbocycles. The Bertz CT molecular complexity index is 1150. The number of fused-ring (bicyclic) bond motifs is 5. The fourth-order valence-corrected chi connectivity index (χ4v) is 7.52. The number of pyridine rings is 1. The molecular weight excluding hydrogens is 422 g/mol. The smallest absolute Gasteiger partial charge is 0.124 e. The lowest BCUT2D eigenvalue weighted by molar-refractivity contribution is -0.0518. The topological polar surface area (TPSA) is 73.6 Å². The minimum Gasteiger partial charge on any atom is -0.392 e. The largest absolute Gasteiger partial charge is 0.392 e. The van der Waals surface area contributed by atoms with E-state index >= 15 is 0 Å². The first-order valence-electron chi connectivity index (χ1n) is 12.9. The average Bonchev–Trinajstić information content (AvgIpc) is 2.85. The Hall–Kier alpha value is -1.75. The summed E-state index contributed by atoms with van der Waals surface area (Å²) in [7, 11) is 0. The molecule has 0 aliphatic heterocycles. The number of aromatic nitrogens is 1. The molecule has 1 fully saturated rings. The number of aliphatic hydroxyl groups is 3. The predicted octanol–water partition coefficient (Wildman–Crippen LogP) is 5.54. The zero-order valence-corrected chi connectivity index (χ0v) is 21.9. The minimum absolute atomic E-state index is 0.0271. The molecule has 1 aromatic heterocycles. The van der Waals surface area contributed by atoms with Crippen molar-refractivity contribution < 1.29 is 15.3 Å². The Labute approximate surface area is 204 Å². The second-order valence-corrected chi connectivity index (χ2v) is 12.9. The minimum atomic E-state index is -1.24. The maximum absolute atomic E-state index is 10.8. The summed E-state index contributed by atoms with van der Waals surface area (Å²) < 4.78 is 0. The molecule has 5 rings (SSSR count). The summed E-state index contributed by atoms with van der Waals surface area (Å²) in [6, 6.07) is 1.98. The number of aryl methyl sites for hydroxylation is 1. The van der Waals surface area contributed by atoms with E-state index in [0.29, 0.717) is 5.69 Å². The first-order chi connectivity index (χ1) is 15.7. The highest BCUT2D eigenvalue weighted by Gasteiger charge is 2.58. The van der Waals surface area contributed by atoms with E-state index in [0.717, 1.165) is 49.8 Å². The summed E-state index contributed by atoms with van der Waals surface area (Å²) in [6.07, 6.45) is 9.26. The van der Waals surface area contributed by atoms with E-state index in [4.69, 9.17) is 4.98 Å². The Balaban J connectivity index is 1.60. The summed E-state index contributed by atoms with van der Waals surface area (Å²) in [4.78, 5) is 4.96. The van der Waals surface area contributed by atoms with Crippen LogP contribution in [0.5, 0.6) is 0 Å². The summed E-state index contributed by atoms with van der Waals surface area (Å²) in [6.45, 7) is 14.6. The van der Waals surface area contributed by atoms with E-state index in [1.54, 1.807) is 13.8 Å². The van der Waals surface area contributed by atoms with E-state index in [9.17, 15) is 15.3 Å². The Kier molecular flexibility index (Phi) is 5.20. The van der Waals surface area contributed by atoms with Crippen molar-refractivity contribution in [1.29, 1.82) is 0 Å². The molecule has 1 aromatic rings. The molecule has 1 saturated carbocycles. The van der Waals surface area contributed by atoms with E-state index in [1.165, 1.54) is 27.9 Å². The molecule has 3 N–H and O–H groups in total. The zero-order valence-electron chi connectivity index (χ0n) is 21.9. The van der Waals surface area contributed by atoms with Crippen LogP contribution in [0.15, 0.2) is 40.5 Å². The van der Waals surface area contributed by atoms with Crippen molar-refractivity contribution >= 4 is 0 Å². The summed E-state index contributed by atoms with van der Waals surface area (Å²) >= 11 is 0. The van der Waals surface area contributed by atoms with Crippen molar-refractivity contribution in [1.82, 2.24) is 4.98 Å². The Morgan fingerprint density at radius 3 is 2.50 bits per heavy atom. The molecule has 184 valence electrons. The van der Waals surface area contributed by atoms with Gasteiger partial charge in [-0.3, -0.25) is 4.98 Å². The van der Waals surface area contributed by atoms with Crippen molar-refractivity contribution in [3.05, 3.63) is 63.0 Å². The van der Waals surface area contributed by atoms with Crippen molar-refractivity contribution in [3.63, 3.8) is 0 Å². The highest BCUT2D eigenvalue weighted by Crippen LogP contribution is 2.64. The van der Waals surface area contributed by atoms with E-state index in [2.05, 4.69) is 46.8 Å². The van der Waals surface area contributed by atoms with Crippen molar-refractivity contribution in [2.75, 3.05) is 0 Å². The molecule has 0 aromatic carbocycles. The molecule has 4 atom stereocenters. The van der Waals surface area contributed by atoms with Gasteiger partial charge in [0.05, 0.1) is 17.4 Å². The van der Waals surface area contributed by atoms with Crippen LogP contribution in [0.25, 0.3) is 0 Å². The molecule has 4 heteroatoms. The van der Waals surface area contributed by atoms with E-state index in [-0.39, 0.29) is 22.3 Å². The van der Waals surface area contributed by atoms with Crippen LogP contribution < -0.4 is 0 Å². The van der Waals surface area contributed by atoms with Gasteiger partial charge in [0.1, 0.15) is 6.10 Å². The van der Waals surface area contributed by atoms with Gasteiger partial charge in [-0.1, -0.05) is 45.4 Å². The monoisotopic (exact) mass is 463 g/mol. The summed E-state index contributed by atoms with van der Waals surface area (Å²) in [5, 5.41) is 31.9. The number of hydrogen-bond acceptors (Lipinski definition) is 4. The quantitative estimate of drug-likeness (QED) is 0.538. The lowest BCUT2D eigenvalue weighted by Gasteiger charge is -2.49. The van der Waals surface area contributed by atoms with Crippen molar-refractivity contribution in [2.45, 2.75) is 110 Å². The number of hydrogen-bond donors (Lipinski definition) is 3. The predicted molar refractivity (Wildman–Crippen MR) is 135 cm³/mol. The highest BCUT2D eigenvalue weighted by molar-refractivity contribution is 5.58. The van der Waals surface area contributed by atoms with E-state index in [1.807, 2.05) is 6.07 Å². The zero-order chi connectivity index (χ0) is 24.8. The molecule has 4 aliphatic rings. The number of aliphatic hydroxyl groups excluding tert-OH is 2. The molecule has 0 bridgehead atoms.